The molecule has 1 aromatic carbocycles. The SMILES string of the molecule is CC1(C)C(C(=O)O)C1c1nc2cc(Br)c(F)cc2[nH]1. The zero-order valence-corrected chi connectivity index (χ0v) is 12.0. The number of aromatic amines is 1. The normalized spacial score (nSPS) is 24.6. The quantitative estimate of drug-likeness (QED) is 0.889. The van der Waals surface area contributed by atoms with Gasteiger partial charge in [0.2, 0.25) is 0 Å². The molecule has 1 aliphatic carbocycles. The molecule has 0 spiro atoms. The van der Waals surface area contributed by atoms with Crippen molar-refractivity contribution in [2.75, 3.05) is 0 Å². The molecule has 1 heterocycles. The Labute approximate surface area is 117 Å². The summed E-state index contributed by atoms with van der Waals surface area (Å²) in [6.07, 6.45) is 0. The van der Waals surface area contributed by atoms with Crippen LogP contribution < -0.4 is 0 Å². The number of hydrogen-bond donors (Lipinski definition) is 2. The lowest BCUT2D eigenvalue weighted by Crippen LogP contribution is -2.03. The first-order chi connectivity index (χ1) is 8.82. The number of H-pyrrole nitrogens is 1. The Morgan fingerprint density at radius 3 is 2.79 bits per heavy atom. The molecule has 1 fully saturated rings. The van der Waals surface area contributed by atoms with Crippen molar-refractivity contribution in [3.8, 4) is 0 Å². The Morgan fingerprint density at radius 1 is 1.53 bits per heavy atom. The van der Waals surface area contributed by atoms with E-state index in [1.807, 2.05) is 13.8 Å². The van der Waals surface area contributed by atoms with E-state index in [2.05, 4.69) is 25.9 Å². The Balaban J connectivity index is 2.06. The fourth-order valence-corrected chi connectivity index (χ4v) is 3.11. The number of carboxylic acids is 1. The van der Waals surface area contributed by atoms with Crippen LogP contribution in [0.2, 0.25) is 0 Å². The zero-order chi connectivity index (χ0) is 13.9. The minimum atomic E-state index is -0.817. The summed E-state index contributed by atoms with van der Waals surface area (Å²) in [7, 11) is 0. The van der Waals surface area contributed by atoms with Gasteiger partial charge in [-0.15, -0.1) is 0 Å². The van der Waals surface area contributed by atoms with E-state index < -0.39 is 11.9 Å². The standard InChI is InChI=1S/C13H12BrFN2O2/c1-13(2)9(10(13)12(18)19)11-16-7-3-5(14)6(15)4-8(7)17-11/h3-4,9-10H,1-2H3,(H,16,17)(H,18,19). The first-order valence-electron chi connectivity index (χ1n) is 5.90. The predicted molar refractivity (Wildman–Crippen MR) is 71.4 cm³/mol. The van der Waals surface area contributed by atoms with Crippen molar-refractivity contribution in [1.82, 2.24) is 9.97 Å². The van der Waals surface area contributed by atoms with Gasteiger partial charge in [0, 0.05) is 12.0 Å². The number of carboxylic acid groups (broad SMARTS) is 1. The lowest BCUT2D eigenvalue weighted by molar-refractivity contribution is -0.139. The lowest BCUT2D eigenvalue weighted by Gasteiger charge is -1.97. The molecule has 2 atom stereocenters. The number of carbonyl (C=O) groups is 1. The summed E-state index contributed by atoms with van der Waals surface area (Å²) < 4.78 is 13.8. The summed E-state index contributed by atoms with van der Waals surface area (Å²) in [6, 6.07) is 2.96. The molecule has 19 heavy (non-hydrogen) atoms. The van der Waals surface area contributed by atoms with Gasteiger partial charge in [-0.2, -0.15) is 0 Å². The summed E-state index contributed by atoms with van der Waals surface area (Å²) >= 11 is 3.11. The third-order valence-corrected chi connectivity index (χ3v) is 4.54. The third kappa shape index (κ3) is 1.77. The maximum atomic E-state index is 13.4. The molecule has 2 N–H and O–H groups in total. The van der Waals surface area contributed by atoms with E-state index in [9.17, 15) is 14.3 Å². The molecular weight excluding hydrogens is 315 g/mol. The fraction of sp³-hybridized carbons (Fsp3) is 0.385. The van der Waals surface area contributed by atoms with Gasteiger partial charge >= 0.3 is 5.97 Å². The minimum absolute atomic E-state index is 0.153. The topological polar surface area (TPSA) is 66.0 Å². The van der Waals surface area contributed by atoms with E-state index in [1.165, 1.54) is 6.07 Å². The highest BCUT2D eigenvalue weighted by Crippen LogP contribution is 2.63. The monoisotopic (exact) mass is 326 g/mol. The van der Waals surface area contributed by atoms with Gasteiger partial charge in [-0.1, -0.05) is 13.8 Å². The largest absolute Gasteiger partial charge is 0.481 e. The average molecular weight is 327 g/mol. The summed E-state index contributed by atoms with van der Waals surface area (Å²) in [5.74, 6) is -1.17. The molecule has 1 aliphatic rings. The maximum Gasteiger partial charge on any atom is 0.307 e. The van der Waals surface area contributed by atoms with Gasteiger partial charge in [0.1, 0.15) is 11.6 Å². The number of hydrogen-bond acceptors (Lipinski definition) is 2. The van der Waals surface area contributed by atoms with Crippen molar-refractivity contribution in [2.45, 2.75) is 19.8 Å². The van der Waals surface area contributed by atoms with Crippen LogP contribution in [-0.2, 0) is 4.79 Å². The van der Waals surface area contributed by atoms with Crippen LogP contribution in [0.15, 0.2) is 16.6 Å². The summed E-state index contributed by atoms with van der Waals surface area (Å²) in [5.41, 5.74) is 0.896. The molecule has 1 aromatic heterocycles. The molecule has 0 saturated heterocycles. The molecule has 2 unspecified atom stereocenters. The molecule has 0 radical (unpaired) electrons. The van der Waals surface area contributed by atoms with Crippen LogP contribution in [0.25, 0.3) is 11.0 Å². The van der Waals surface area contributed by atoms with Crippen molar-refractivity contribution in [2.24, 2.45) is 11.3 Å². The summed E-state index contributed by atoms with van der Waals surface area (Å²) in [5, 5.41) is 9.17. The number of halogens is 2. The molecule has 0 aliphatic heterocycles. The Morgan fingerprint density at radius 2 is 2.21 bits per heavy atom. The molecule has 0 amide bonds. The van der Waals surface area contributed by atoms with Crippen LogP contribution in [0.3, 0.4) is 0 Å². The Bertz CT molecular complexity index is 656. The minimum Gasteiger partial charge on any atom is -0.481 e. The highest BCUT2D eigenvalue weighted by molar-refractivity contribution is 9.10. The van der Waals surface area contributed by atoms with Crippen LogP contribution in [-0.4, -0.2) is 21.0 Å². The van der Waals surface area contributed by atoms with E-state index >= 15 is 0 Å². The molecule has 1 saturated carbocycles. The van der Waals surface area contributed by atoms with Gasteiger partial charge in [-0.3, -0.25) is 4.79 Å². The lowest BCUT2D eigenvalue weighted by atomic mass is 10.1. The van der Waals surface area contributed by atoms with Crippen LogP contribution in [0.4, 0.5) is 4.39 Å². The fourth-order valence-electron chi connectivity index (χ4n) is 2.78. The van der Waals surface area contributed by atoms with E-state index in [-0.39, 0.29) is 17.2 Å². The number of rotatable bonds is 2. The van der Waals surface area contributed by atoms with Gasteiger partial charge in [0.25, 0.3) is 0 Å². The molecule has 0 bridgehead atoms. The molecule has 4 nitrogen and oxygen atoms in total. The number of benzene rings is 1. The number of nitrogens with one attached hydrogen (secondary N) is 1. The van der Waals surface area contributed by atoms with E-state index in [0.29, 0.717) is 21.3 Å². The smallest absolute Gasteiger partial charge is 0.307 e. The van der Waals surface area contributed by atoms with Gasteiger partial charge in [0.05, 0.1) is 21.4 Å². The second-order valence-electron chi connectivity index (χ2n) is 5.52. The number of imidazole rings is 1. The van der Waals surface area contributed by atoms with Crippen molar-refractivity contribution < 1.29 is 14.3 Å². The predicted octanol–water partition coefficient (Wildman–Crippen LogP) is 3.29. The van der Waals surface area contributed by atoms with Crippen molar-refractivity contribution >= 4 is 32.9 Å². The van der Waals surface area contributed by atoms with Crippen molar-refractivity contribution in [3.63, 3.8) is 0 Å². The van der Waals surface area contributed by atoms with Crippen molar-refractivity contribution in [1.29, 1.82) is 0 Å². The Hall–Kier alpha value is -1.43. The Kier molecular flexibility index (Phi) is 2.51. The van der Waals surface area contributed by atoms with Gasteiger partial charge in [0.15, 0.2) is 0 Å². The van der Waals surface area contributed by atoms with E-state index in [4.69, 9.17) is 0 Å². The van der Waals surface area contributed by atoms with Crippen LogP contribution in [0.1, 0.15) is 25.6 Å². The highest BCUT2D eigenvalue weighted by Gasteiger charge is 2.64. The number of nitrogens with zero attached hydrogens (tertiary/aromatic N) is 1. The third-order valence-electron chi connectivity index (χ3n) is 3.93. The molecule has 3 rings (SSSR count). The second-order valence-corrected chi connectivity index (χ2v) is 6.37. The van der Waals surface area contributed by atoms with Gasteiger partial charge in [-0.25, -0.2) is 9.37 Å². The summed E-state index contributed by atoms with van der Waals surface area (Å²) in [4.78, 5) is 18.6. The van der Waals surface area contributed by atoms with Gasteiger partial charge < -0.3 is 10.1 Å². The van der Waals surface area contributed by atoms with Crippen LogP contribution >= 0.6 is 15.9 Å². The number of fused-ring (bicyclic) bond motifs is 1. The summed E-state index contributed by atoms with van der Waals surface area (Å²) in [6.45, 7) is 3.81. The van der Waals surface area contributed by atoms with E-state index in [0.717, 1.165) is 0 Å². The van der Waals surface area contributed by atoms with Crippen molar-refractivity contribution in [3.05, 3.63) is 28.2 Å². The first-order valence-corrected chi connectivity index (χ1v) is 6.69. The zero-order valence-electron chi connectivity index (χ0n) is 10.4. The van der Waals surface area contributed by atoms with Crippen LogP contribution in [0.5, 0.6) is 0 Å². The second kappa shape index (κ2) is 3.79. The molecule has 2 aromatic rings. The van der Waals surface area contributed by atoms with Gasteiger partial charge in [-0.05, 0) is 27.4 Å². The number of aromatic nitrogens is 2. The highest BCUT2D eigenvalue weighted by atomic mass is 79.9. The molecular formula is C13H12BrFN2O2. The first kappa shape index (κ1) is 12.6. The van der Waals surface area contributed by atoms with Crippen LogP contribution in [0, 0.1) is 17.2 Å². The maximum absolute atomic E-state index is 13.4. The molecule has 6 heteroatoms. The molecule has 100 valence electrons. The van der Waals surface area contributed by atoms with E-state index in [1.54, 1.807) is 6.07 Å². The average Bonchev–Trinajstić information content (AvgIpc) is 2.67. The number of aliphatic carboxylic acids is 1.